The van der Waals surface area contributed by atoms with Crippen molar-refractivity contribution < 1.29 is 28.6 Å². The van der Waals surface area contributed by atoms with Crippen LogP contribution in [0.4, 0.5) is 0 Å². The van der Waals surface area contributed by atoms with Gasteiger partial charge in [-0.05, 0) is 19.3 Å². The molecule has 53 heavy (non-hydrogen) atoms. The van der Waals surface area contributed by atoms with Gasteiger partial charge in [0.25, 0.3) is 0 Å². The average Bonchev–Trinajstić information content (AvgIpc) is 3.15. The molecule has 6 nitrogen and oxygen atoms in total. The summed E-state index contributed by atoms with van der Waals surface area (Å²) in [5, 5.41) is 0. The van der Waals surface area contributed by atoms with Gasteiger partial charge in [-0.1, -0.05) is 226 Å². The zero-order valence-corrected chi connectivity index (χ0v) is 35.8. The van der Waals surface area contributed by atoms with Gasteiger partial charge in [-0.15, -0.1) is 0 Å². The number of unbranched alkanes of at least 4 members (excludes halogenated alkanes) is 32. The summed E-state index contributed by atoms with van der Waals surface area (Å²) in [5.41, 5.74) is 0. The van der Waals surface area contributed by atoms with Gasteiger partial charge in [-0.25, -0.2) is 0 Å². The van der Waals surface area contributed by atoms with Gasteiger partial charge < -0.3 is 14.2 Å². The lowest BCUT2D eigenvalue weighted by atomic mass is 10.0. The molecule has 314 valence electrons. The van der Waals surface area contributed by atoms with Gasteiger partial charge >= 0.3 is 17.9 Å². The third-order valence-corrected chi connectivity index (χ3v) is 10.6. The molecular formula is C47H90O6. The van der Waals surface area contributed by atoms with E-state index in [-0.39, 0.29) is 31.1 Å². The van der Waals surface area contributed by atoms with Crippen LogP contribution < -0.4 is 0 Å². The van der Waals surface area contributed by atoms with Crippen LogP contribution in [0.5, 0.6) is 0 Å². The highest BCUT2D eigenvalue weighted by atomic mass is 16.6. The van der Waals surface area contributed by atoms with Crippen LogP contribution in [0.15, 0.2) is 0 Å². The summed E-state index contributed by atoms with van der Waals surface area (Å²) >= 11 is 0. The molecule has 0 aromatic heterocycles. The molecule has 1 atom stereocenters. The highest BCUT2D eigenvalue weighted by Gasteiger charge is 2.19. The van der Waals surface area contributed by atoms with Crippen LogP contribution in [0.3, 0.4) is 0 Å². The minimum Gasteiger partial charge on any atom is -0.462 e. The molecule has 0 N–H and O–H groups in total. The van der Waals surface area contributed by atoms with Gasteiger partial charge in [0.05, 0.1) is 0 Å². The Hall–Kier alpha value is -1.59. The lowest BCUT2D eigenvalue weighted by Crippen LogP contribution is -2.30. The van der Waals surface area contributed by atoms with Crippen LogP contribution in [0, 0.1) is 0 Å². The summed E-state index contributed by atoms with van der Waals surface area (Å²) in [6.45, 7) is 6.61. The Kier molecular flexibility index (Phi) is 41.8. The van der Waals surface area contributed by atoms with Crippen LogP contribution in [-0.2, 0) is 28.6 Å². The number of rotatable bonds is 43. The summed E-state index contributed by atoms with van der Waals surface area (Å²) in [4.78, 5) is 37.6. The van der Waals surface area contributed by atoms with Crippen molar-refractivity contribution in [2.45, 2.75) is 271 Å². The Morgan fingerprint density at radius 1 is 0.302 bits per heavy atom. The van der Waals surface area contributed by atoms with Gasteiger partial charge in [0, 0.05) is 19.3 Å². The van der Waals surface area contributed by atoms with Crippen molar-refractivity contribution in [3.05, 3.63) is 0 Å². The number of carbonyl (C=O) groups excluding carboxylic acids is 3. The van der Waals surface area contributed by atoms with E-state index >= 15 is 0 Å². The Morgan fingerprint density at radius 2 is 0.509 bits per heavy atom. The standard InChI is InChI=1S/C47H90O6/c1-4-7-10-13-16-18-20-21-22-23-24-25-26-27-29-32-34-37-40-46(49)52-43-44(53-47(50)41-38-35-30-15-12-9-6-3)42-51-45(48)39-36-33-31-28-19-17-14-11-8-5-2/h44H,4-43H2,1-3H3/t44-/m0/s1. The van der Waals surface area contributed by atoms with E-state index < -0.39 is 6.10 Å². The molecule has 0 radical (unpaired) electrons. The fourth-order valence-corrected chi connectivity index (χ4v) is 7.03. The van der Waals surface area contributed by atoms with E-state index in [4.69, 9.17) is 14.2 Å². The van der Waals surface area contributed by atoms with E-state index in [1.807, 2.05) is 0 Å². The number of carbonyl (C=O) groups is 3. The van der Waals surface area contributed by atoms with Gasteiger partial charge in [0.1, 0.15) is 13.2 Å². The Morgan fingerprint density at radius 3 is 0.755 bits per heavy atom. The second-order valence-corrected chi connectivity index (χ2v) is 16.0. The molecular weight excluding hydrogens is 661 g/mol. The molecule has 0 aliphatic rings. The van der Waals surface area contributed by atoms with Crippen LogP contribution in [-0.4, -0.2) is 37.2 Å². The van der Waals surface area contributed by atoms with Crippen molar-refractivity contribution in [1.29, 1.82) is 0 Å². The van der Waals surface area contributed by atoms with Gasteiger partial charge in [-0.3, -0.25) is 14.4 Å². The van der Waals surface area contributed by atoms with Crippen molar-refractivity contribution in [2.75, 3.05) is 13.2 Å². The van der Waals surface area contributed by atoms with Crippen LogP contribution in [0.25, 0.3) is 0 Å². The summed E-state index contributed by atoms with van der Waals surface area (Å²) in [5.74, 6) is -0.858. The molecule has 0 unspecified atom stereocenters. The maximum atomic E-state index is 12.6. The fourth-order valence-electron chi connectivity index (χ4n) is 7.03. The third-order valence-electron chi connectivity index (χ3n) is 10.6. The average molecular weight is 751 g/mol. The third kappa shape index (κ3) is 41.4. The maximum absolute atomic E-state index is 12.6. The smallest absolute Gasteiger partial charge is 0.306 e. The molecule has 0 saturated carbocycles. The van der Waals surface area contributed by atoms with Crippen LogP contribution >= 0.6 is 0 Å². The molecule has 0 spiro atoms. The monoisotopic (exact) mass is 751 g/mol. The largest absolute Gasteiger partial charge is 0.462 e. The molecule has 6 heteroatoms. The predicted octanol–water partition coefficient (Wildman–Crippen LogP) is 14.9. The maximum Gasteiger partial charge on any atom is 0.306 e. The Bertz CT molecular complexity index is 783. The molecule has 0 fully saturated rings. The van der Waals surface area contributed by atoms with Crippen LogP contribution in [0.1, 0.15) is 265 Å². The Balaban J connectivity index is 4.14. The van der Waals surface area contributed by atoms with E-state index in [0.717, 1.165) is 57.8 Å². The quantitative estimate of drug-likeness (QED) is 0.0351. The van der Waals surface area contributed by atoms with Gasteiger partial charge in [0.15, 0.2) is 6.10 Å². The first kappa shape index (κ1) is 51.4. The summed E-state index contributed by atoms with van der Waals surface area (Å²) in [7, 11) is 0. The fraction of sp³-hybridized carbons (Fsp3) is 0.936. The van der Waals surface area contributed by atoms with Crippen molar-refractivity contribution in [2.24, 2.45) is 0 Å². The first-order valence-corrected chi connectivity index (χ1v) is 23.5. The minimum atomic E-state index is -0.756. The van der Waals surface area contributed by atoms with E-state index in [9.17, 15) is 14.4 Å². The van der Waals surface area contributed by atoms with Crippen LogP contribution in [0.2, 0.25) is 0 Å². The molecule has 0 aromatic rings. The van der Waals surface area contributed by atoms with E-state index in [2.05, 4.69) is 20.8 Å². The highest BCUT2D eigenvalue weighted by Crippen LogP contribution is 2.16. The topological polar surface area (TPSA) is 78.9 Å². The second-order valence-electron chi connectivity index (χ2n) is 16.0. The van der Waals surface area contributed by atoms with E-state index in [1.54, 1.807) is 0 Å². The molecule has 0 amide bonds. The number of hydrogen-bond donors (Lipinski definition) is 0. The minimum absolute atomic E-state index is 0.0633. The SMILES string of the molecule is CCCCCCCCCCCCCCCCCCCCC(=O)OC[C@H](COC(=O)CCCCCCCCCCCC)OC(=O)CCCCCCCCC. The van der Waals surface area contributed by atoms with Crippen molar-refractivity contribution >= 4 is 17.9 Å². The summed E-state index contributed by atoms with van der Waals surface area (Å²) in [6, 6.07) is 0. The van der Waals surface area contributed by atoms with E-state index in [0.29, 0.717) is 19.3 Å². The molecule has 0 saturated heterocycles. The zero-order valence-electron chi connectivity index (χ0n) is 35.8. The van der Waals surface area contributed by atoms with Crippen molar-refractivity contribution in [3.8, 4) is 0 Å². The first-order chi connectivity index (χ1) is 26.0. The zero-order chi connectivity index (χ0) is 38.7. The highest BCUT2D eigenvalue weighted by molar-refractivity contribution is 5.71. The number of ether oxygens (including phenoxy) is 3. The predicted molar refractivity (Wildman–Crippen MR) is 224 cm³/mol. The van der Waals surface area contributed by atoms with E-state index in [1.165, 1.54) is 167 Å². The Labute approximate surface area is 329 Å². The molecule has 0 aliphatic heterocycles. The lowest BCUT2D eigenvalue weighted by Gasteiger charge is -2.18. The molecule has 0 bridgehead atoms. The molecule has 0 rings (SSSR count). The summed E-state index contributed by atoms with van der Waals surface area (Å²) < 4.78 is 16.7. The molecule has 0 heterocycles. The molecule has 0 aliphatic carbocycles. The lowest BCUT2D eigenvalue weighted by molar-refractivity contribution is -0.167. The second kappa shape index (κ2) is 43.1. The number of hydrogen-bond acceptors (Lipinski definition) is 6. The normalized spacial score (nSPS) is 11.8. The van der Waals surface area contributed by atoms with Gasteiger partial charge in [-0.2, -0.15) is 0 Å². The van der Waals surface area contributed by atoms with Crippen molar-refractivity contribution in [1.82, 2.24) is 0 Å². The van der Waals surface area contributed by atoms with Gasteiger partial charge in [0.2, 0.25) is 0 Å². The summed E-state index contributed by atoms with van der Waals surface area (Å²) in [6.07, 6.45) is 43.9. The number of esters is 3. The molecule has 0 aromatic carbocycles. The van der Waals surface area contributed by atoms with Crippen molar-refractivity contribution in [3.63, 3.8) is 0 Å². The first-order valence-electron chi connectivity index (χ1n) is 23.5.